The molecule has 0 aromatic heterocycles. The Balaban J connectivity index is 2.17. The van der Waals surface area contributed by atoms with Crippen LogP contribution in [0.15, 0.2) is 36.5 Å². The first kappa shape index (κ1) is 13.0. The molecule has 1 heteroatoms. The van der Waals surface area contributed by atoms with Crippen molar-refractivity contribution in [3.63, 3.8) is 0 Å². The van der Waals surface area contributed by atoms with Crippen LogP contribution in [0.2, 0.25) is 0 Å². The Kier molecular flexibility index (Phi) is 6.55. The maximum atomic E-state index is 11.2. The fourth-order valence-electron chi connectivity index (χ4n) is 1.99. The van der Waals surface area contributed by atoms with E-state index in [2.05, 4.69) is 24.3 Å². The summed E-state index contributed by atoms with van der Waals surface area (Å²) in [6, 6.07) is 0. The molecule has 0 spiro atoms. The SMILES string of the molecule is C/C=C/C=C/CCCC1C=CC(=O)CCC1. The largest absolute Gasteiger partial charge is 0.295 e. The van der Waals surface area contributed by atoms with Gasteiger partial charge in [0, 0.05) is 6.42 Å². The molecule has 16 heavy (non-hydrogen) atoms. The summed E-state index contributed by atoms with van der Waals surface area (Å²) in [7, 11) is 0. The van der Waals surface area contributed by atoms with Crippen LogP contribution in [0.25, 0.3) is 0 Å². The summed E-state index contributed by atoms with van der Waals surface area (Å²) in [4.78, 5) is 11.2. The monoisotopic (exact) mass is 218 g/mol. The van der Waals surface area contributed by atoms with Gasteiger partial charge < -0.3 is 0 Å². The molecule has 0 heterocycles. The Morgan fingerprint density at radius 1 is 1.44 bits per heavy atom. The van der Waals surface area contributed by atoms with Gasteiger partial charge in [-0.3, -0.25) is 4.79 Å². The van der Waals surface area contributed by atoms with Gasteiger partial charge in [-0.1, -0.05) is 30.4 Å². The Morgan fingerprint density at radius 2 is 2.31 bits per heavy atom. The van der Waals surface area contributed by atoms with Crippen molar-refractivity contribution in [3.8, 4) is 0 Å². The summed E-state index contributed by atoms with van der Waals surface area (Å²) in [6.07, 6.45) is 18.9. The summed E-state index contributed by atoms with van der Waals surface area (Å²) >= 11 is 0. The zero-order chi connectivity index (χ0) is 11.6. The van der Waals surface area contributed by atoms with Crippen molar-refractivity contribution < 1.29 is 4.79 Å². The minimum atomic E-state index is 0.301. The number of unbranched alkanes of at least 4 members (excludes halogenated alkanes) is 1. The molecule has 1 rings (SSSR count). The first-order chi connectivity index (χ1) is 7.83. The number of carbonyl (C=O) groups is 1. The maximum absolute atomic E-state index is 11.2. The van der Waals surface area contributed by atoms with E-state index in [4.69, 9.17) is 0 Å². The van der Waals surface area contributed by atoms with E-state index in [1.165, 1.54) is 19.3 Å². The van der Waals surface area contributed by atoms with Gasteiger partial charge in [0.05, 0.1) is 0 Å². The van der Waals surface area contributed by atoms with Gasteiger partial charge in [-0.15, -0.1) is 0 Å². The van der Waals surface area contributed by atoms with E-state index in [-0.39, 0.29) is 0 Å². The summed E-state index contributed by atoms with van der Waals surface area (Å²) in [5.74, 6) is 0.928. The standard InChI is InChI=1S/C15H22O/c1-2-3-4-5-6-7-9-14-10-8-11-15(16)13-12-14/h2-5,12-14H,6-11H2,1H3/b3-2+,5-4+. The molecule has 0 bridgehead atoms. The van der Waals surface area contributed by atoms with Crippen LogP contribution >= 0.6 is 0 Å². The van der Waals surface area contributed by atoms with Gasteiger partial charge in [0.25, 0.3) is 0 Å². The quantitative estimate of drug-likeness (QED) is 0.499. The maximum Gasteiger partial charge on any atom is 0.155 e. The van der Waals surface area contributed by atoms with Gasteiger partial charge in [0.1, 0.15) is 0 Å². The molecule has 0 radical (unpaired) electrons. The third-order valence-electron chi connectivity index (χ3n) is 2.94. The Bertz CT molecular complexity index is 284. The molecule has 0 saturated carbocycles. The van der Waals surface area contributed by atoms with E-state index in [9.17, 15) is 4.79 Å². The Morgan fingerprint density at radius 3 is 3.12 bits per heavy atom. The smallest absolute Gasteiger partial charge is 0.155 e. The van der Waals surface area contributed by atoms with E-state index >= 15 is 0 Å². The Labute approximate surface area is 98.9 Å². The lowest BCUT2D eigenvalue weighted by molar-refractivity contribution is -0.114. The molecule has 0 amide bonds. The van der Waals surface area contributed by atoms with Crippen LogP contribution in [-0.2, 0) is 4.79 Å². The summed E-state index contributed by atoms with van der Waals surface area (Å²) in [6.45, 7) is 2.03. The lowest BCUT2D eigenvalue weighted by atomic mass is 9.97. The van der Waals surface area contributed by atoms with E-state index in [1.54, 1.807) is 6.08 Å². The van der Waals surface area contributed by atoms with E-state index in [0.29, 0.717) is 11.7 Å². The highest BCUT2D eigenvalue weighted by atomic mass is 16.1. The minimum absolute atomic E-state index is 0.301. The minimum Gasteiger partial charge on any atom is -0.295 e. The average Bonchev–Trinajstić information content (AvgIpc) is 2.49. The molecular weight excluding hydrogens is 196 g/mol. The van der Waals surface area contributed by atoms with E-state index < -0.39 is 0 Å². The number of rotatable bonds is 5. The zero-order valence-electron chi connectivity index (χ0n) is 10.2. The topological polar surface area (TPSA) is 17.1 Å². The van der Waals surface area contributed by atoms with Crippen molar-refractivity contribution in [3.05, 3.63) is 36.5 Å². The van der Waals surface area contributed by atoms with E-state index in [1.807, 2.05) is 13.0 Å². The molecule has 1 unspecified atom stereocenters. The normalized spacial score (nSPS) is 22.1. The number of hydrogen-bond donors (Lipinski definition) is 0. The van der Waals surface area contributed by atoms with Gasteiger partial charge in [-0.25, -0.2) is 0 Å². The first-order valence-corrected chi connectivity index (χ1v) is 6.32. The second-order valence-electron chi connectivity index (χ2n) is 4.36. The van der Waals surface area contributed by atoms with Crippen LogP contribution in [-0.4, -0.2) is 5.78 Å². The van der Waals surface area contributed by atoms with Gasteiger partial charge in [0.15, 0.2) is 5.78 Å². The number of allylic oxidation sites excluding steroid dienone is 6. The fraction of sp³-hybridized carbons (Fsp3) is 0.533. The van der Waals surface area contributed by atoms with Crippen molar-refractivity contribution in [2.24, 2.45) is 5.92 Å². The molecule has 0 fully saturated rings. The zero-order valence-corrected chi connectivity index (χ0v) is 10.2. The average molecular weight is 218 g/mol. The lowest BCUT2D eigenvalue weighted by Gasteiger charge is -2.08. The van der Waals surface area contributed by atoms with Crippen molar-refractivity contribution in [1.82, 2.24) is 0 Å². The van der Waals surface area contributed by atoms with Crippen LogP contribution in [0.3, 0.4) is 0 Å². The molecule has 0 N–H and O–H groups in total. The molecule has 0 saturated heterocycles. The van der Waals surface area contributed by atoms with E-state index in [0.717, 1.165) is 19.3 Å². The van der Waals surface area contributed by atoms with Crippen molar-refractivity contribution in [2.45, 2.75) is 45.4 Å². The second-order valence-corrected chi connectivity index (χ2v) is 4.36. The van der Waals surface area contributed by atoms with Gasteiger partial charge in [0.2, 0.25) is 0 Å². The van der Waals surface area contributed by atoms with Gasteiger partial charge in [-0.2, -0.15) is 0 Å². The van der Waals surface area contributed by atoms with Crippen LogP contribution in [0.1, 0.15) is 45.4 Å². The number of carbonyl (C=O) groups excluding carboxylic acids is 1. The van der Waals surface area contributed by atoms with Crippen LogP contribution in [0, 0.1) is 5.92 Å². The molecule has 1 atom stereocenters. The lowest BCUT2D eigenvalue weighted by Crippen LogP contribution is -1.94. The van der Waals surface area contributed by atoms with Gasteiger partial charge in [-0.05, 0) is 51.0 Å². The highest BCUT2D eigenvalue weighted by Crippen LogP contribution is 2.20. The van der Waals surface area contributed by atoms with Crippen molar-refractivity contribution >= 4 is 5.78 Å². The number of hydrogen-bond acceptors (Lipinski definition) is 1. The van der Waals surface area contributed by atoms with Crippen molar-refractivity contribution in [1.29, 1.82) is 0 Å². The van der Waals surface area contributed by atoms with Crippen LogP contribution in [0.4, 0.5) is 0 Å². The number of ketones is 1. The predicted octanol–water partition coefficient (Wildman–Crippen LogP) is 4.21. The molecule has 1 aliphatic carbocycles. The Hall–Kier alpha value is -1.11. The third-order valence-corrected chi connectivity index (χ3v) is 2.94. The molecule has 1 nitrogen and oxygen atoms in total. The molecule has 0 aromatic carbocycles. The predicted molar refractivity (Wildman–Crippen MR) is 69.3 cm³/mol. The van der Waals surface area contributed by atoms with Crippen molar-refractivity contribution in [2.75, 3.05) is 0 Å². The molecular formula is C15H22O. The first-order valence-electron chi connectivity index (χ1n) is 6.32. The van der Waals surface area contributed by atoms with Crippen LogP contribution in [0.5, 0.6) is 0 Å². The fourth-order valence-corrected chi connectivity index (χ4v) is 1.99. The summed E-state index contributed by atoms with van der Waals surface area (Å²) < 4.78 is 0. The molecule has 0 aromatic rings. The highest BCUT2D eigenvalue weighted by molar-refractivity contribution is 5.89. The second kappa shape index (κ2) is 8.09. The highest BCUT2D eigenvalue weighted by Gasteiger charge is 2.10. The molecule has 1 aliphatic rings. The molecule has 0 aliphatic heterocycles. The summed E-state index contributed by atoms with van der Waals surface area (Å²) in [5.41, 5.74) is 0. The molecule has 88 valence electrons. The summed E-state index contributed by atoms with van der Waals surface area (Å²) in [5, 5.41) is 0. The van der Waals surface area contributed by atoms with Gasteiger partial charge >= 0.3 is 0 Å². The van der Waals surface area contributed by atoms with Crippen LogP contribution < -0.4 is 0 Å². The third kappa shape index (κ3) is 5.69.